The van der Waals surface area contributed by atoms with Gasteiger partial charge >= 0.3 is 0 Å². The van der Waals surface area contributed by atoms with Crippen LogP contribution in [0.25, 0.3) is 0 Å². The van der Waals surface area contributed by atoms with Gasteiger partial charge in [0, 0.05) is 24.8 Å². The molecular weight excluding hydrogens is 260 g/mol. The van der Waals surface area contributed by atoms with E-state index in [4.69, 9.17) is 10.5 Å². The maximum Gasteiger partial charge on any atom is 0.119 e. The molecule has 3 nitrogen and oxygen atoms in total. The molecule has 3 rings (SSSR count). The predicted octanol–water partition coefficient (Wildman–Crippen LogP) is 3.57. The molecule has 1 saturated carbocycles. The first-order chi connectivity index (χ1) is 10.2. The Labute approximate surface area is 128 Å². The van der Waals surface area contributed by atoms with E-state index in [2.05, 4.69) is 36.1 Å². The summed E-state index contributed by atoms with van der Waals surface area (Å²) in [6.45, 7) is 4.49. The monoisotopic (exact) mass is 288 g/mol. The van der Waals surface area contributed by atoms with Gasteiger partial charge in [0.1, 0.15) is 5.75 Å². The van der Waals surface area contributed by atoms with Crippen molar-refractivity contribution in [3.63, 3.8) is 0 Å². The highest BCUT2D eigenvalue weighted by Gasteiger charge is 2.20. The summed E-state index contributed by atoms with van der Waals surface area (Å²) in [4.78, 5) is 2.43. The zero-order valence-corrected chi connectivity index (χ0v) is 13.1. The average Bonchev–Trinajstić information content (AvgIpc) is 2.51. The minimum absolute atomic E-state index is 0.387. The molecule has 1 aliphatic heterocycles. The van der Waals surface area contributed by atoms with Gasteiger partial charge in [0.15, 0.2) is 0 Å². The molecular formula is C18H28N2O. The van der Waals surface area contributed by atoms with Gasteiger partial charge in [-0.3, -0.25) is 0 Å². The van der Waals surface area contributed by atoms with Crippen LogP contribution in [0, 0.1) is 5.92 Å². The summed E-state index contributed by atoms with van der Waals surface area (Å²) in [5, 5.41) is 0. The summed E-state index contributed by atoms with van der Waals surface area (Å²) in [5.74, 6) is 1.89. The number of hydrogen-bond donors (Lipinski definition) is 1. The zero-order chi connectivity index (χ0) is 14.7. The smallest absolute Gasteiger partial charge is 0.119 e. The maximum atomic E-state index is 6.12. The van der Waals surface area contributed by atoms with Gasteiger partial charge in [-0.25, -0.2) is 0 Å². The Morgan fingerprint density at radius 1 is 0.952 bits per heavy atom. The van der Waals surface area contributed by atoms with Crippen molar-refractivity contribution in [2.75, 3.05) is 18.0 Å². The van der Waals surface area contributed by atoms with Crippen LogP contribution in [0.1, 0.15) is 45.4 Å². The van der Waals surface area contributed by atoms with Gasteiger partial charge in [-0.15, -0.1) is 0 Å². The number of ether oxygens (including phenoxy) is 1. The second kappa shape index (κ2) is 6.69. The second-order valence-corrected chi connectivity index (χ2v) is 6.82. The summed E-state index contributed by atoms with van der Waals surface area (Å²) in [5.41, 5.74) is 7.26. The van der Waals surface area contributed by atoms with Crippen molar-refractivity contribution in [2.45, 2.75) is 57.6 Å². The standard InChI is InChI=1S/C18H28N2O/c1-14-2-6-17(7-3-14)21-18-8-4-16(5-9-18)20-12-10-15(19)11-13-20/h4-5,8-9,14-15,17H,2-3,6-7,10-13,19H2,1H3. The predicted molar refractivity (Wildman–Crippen MR) is 87.9 cm³/mol. The summed E-state index contributed by atoms with van der Waals surface area (Å²) < 4.78 is 6.12. The lowest BCUT2D eigenvalue weighted by molar-refractivity contribution is 0.135. The normalized spacial score (nSPS) is 27.6. The Kier molecular flexibility index (Phi) is 4.69. The molecule has 0 unspecified atom stereocenters. The summed E-state index contributed by atoms with van der Waals surface area (Å²) in [6, 6.07) is 9.02. The molecule has 2 aliphatic rings. The minimum atomic E-state index is 0.387. The van der Waals surface area contributed by atoms with Gasteiger partial charge in [0.05, 0.1) is 6.10 Å². The van der Waals surface area contributed by atoms with Crippen molar-refractivity contribution in [3.05, 3.63) is 24.3 Å². The molecule has 0 bridgehead atoms. The third kappa shape index (κ3) is 3.91. The quantitative estimate of drug-likeness (QED) is 0.924. The number of rotatable bonds is 3. The van der Waals surface area contributed by atoms with Gasteiger partial charge in [-0.1, -0.05) is 6.92 Å². The van der Waals surface area contributed by atoms with E-state index in [1.807, 2.05) is 0 Å². The van der Waals surface area contributed by atoms with Gasteiger partial charge < -0.3 is 15.4 Å². The van der Waals surface area contributed by atoms with Crippen LogP contribution in [0.4, 0.5) is 5.69 Å². The van der Waals surface area contributed by atoms with Gasteiger partial charge in [-0.05, 0) is 68.7 Å². The number of anilines is 1. The highest BCUT2D eigenvalue weighted by atomic mass is 16.5. The Morgan fingerprint density at radius 2 is 1.57 bits per heavy atom. The molecule has 0 radical (unpaired) electrons. The molecule has 1 aliphatic carbocycles. The molecule has 2 fully saturated rings. The van der Waals surface area contributed by atoms with Crippen molar-refractivity contribution in [3.8, 4) is 5.75 Å². The lowest BCUT2D eigenvalue weighted by Gasteiger charge is -2.32. The van der Waals surface area contributed by atoms with Gasteiger partial charge in [0.2, 0.25) is 0 Å². The number of benzene rings is 1. The van der Waals surface area contributed by atoms with E-state index >= 15 is 0 Å². The number of nitrogens with two attached hydrogens (primary N) is 1. The maximum absolute atomic E-state index is 6.12. The molecule has 1 saturated heterocycles. The van der Waals surface area contributed by atoms with E-state index in [0.717, 1.165) is 37.6 Å². The first kappa shape index (κ1) is 14.7. The average molecular weight is 288 g/mol. The Bertz CT molecular complexity index is 429. The fourth-order valence-corrected chi connectivity index (χ4v) is 3.43. The van der Waals surface area contributed by atoms with Crippen molar-refractivity contribution in [1.82, 2.24) is 0 Å². The van der Waals surface area contributed by atoms with E-state index in [1.165, 1.54) is 31.4 Å². The van der Waals surface area contributed by atoms with Crippen LogP contribution in [0.3, 0.4) is 0 Å². The molecule has 0 spiro atoms. The van der Waals surface area contributed by atoms with Crippen LogP contribution in [0.15, 0.2) is 24.3 Å². The molecule has 1 heterocycles. The lowest BCUT2D eigenvalue weighted by Crippen LogP contribution is -2.39. The Morgan fingerprint density at radius 3 is 2.19 bits per heavy atom. The largest absolute Gasteiger partial charge is 0.490 e. The SMILES string of the molecule is CC1CCC(Oc2ccc(N3CCC(N)CC3)cc2)CC1. The molecule has 0 atom stereocenters. The summed E-state index contributed by atoms with van der Waals surface area (Å²) in [7, 11) is 0. The lowest BCUT2D eigenvalue weighted by atomic mass is 9.89. The molecule has 21 heavy (non-hydrogen) atoms. The highest BCUT2D eigenvalue weighted by molar-refractivity contribution is 5.49. The Balaban J connectivity index is 1.54. The Hall–Kier alpha value is -1.22. The topological polar surface area (TPSA) is 38.5 Å². The number of piperidine rings is 1. The van der Waals surface area contributed by atoms with Crippen molar-refractivity contribution in [2.24, 2.45) is 11.7 Å². The van der Waals surface area contributed by atoms with Gasteiger partial charge in [-0.2, -0.15) is 0 Å². The molecule has 116 valence electrons. The van der Waals surface area contributed by atoms with E-state index in [0.29, 0.717) is 12.1 Å². The molecule has 2 N–H and O–H groups in total. The van der Waals surface area contributed by atoms with E-state index < -0.39 is 0 Å². The van der Waals surface area contributed by atoms with Crippen LogP contribution >= 0.6 is 0 Å². The van der Waals surface area contributed by atoms with Gasteiger partial charge in [0.25, 0.3) is 0 Å². The van der Waals surface area contributed by atoms with Crippen molar-refractivity contribution >= 4 is 5.69 Å². The third-order valence-corrected chi connectivity index (χ3v) is 5.01. The highest BCUT2D eigenvalue weighted by Crippen LogP contribution is 2.28. The first-order valence-corrected chi connectivity index (χ1v) is 8.48. The van der Waals surface area contributed by atoms with Crippen molar-refractivity contribution in [1.29, 1.82) is 0 Å². The van der Waals surface area contributed by atoms with Crippen molar-refractivity contribution < 1.29 is 4.74 Å². The van der Waals surface area contributed by atoms with Crippen LogP contribution in [-0.2, 0) is 0 Å². The molecule has 3 heteroatoms. The summed E-state index contributed by atoms with van der Waals surface area (Å²) in [6.07, 6.45) is 7.62. The number of hydrogen-bond acceptors (Lipinski definition) is 3. The number of nitrogens with zero attached hydrogens (tertiary/aromatic N) is 1. The second-order valence-electron chi connectivity index (χ2n) is 6.82. The van der Waals surface area contributed by atoms with Crippen LogP contribution in [0.5, 0.6) is 5.75 Å². The molecule has 1 aromatic rings. The fraction of sp³-hybridized carbons (Fsp3) is 0.667. The van der Waals surface area contributed by atoms with E-state index in [1.54, 1.807) is 0 Å². The minimum Gasteiger partial charge on any atom is -0.490 e. The van der Waals surface area contributed by atoms with Crippen LogP contribution in [-0.4, -0.2) is 25.2 Å². The van der Waals surface area contributed by atoms with E-state index in [9.17, 15) is 0 Å². The summed E-state index contributed by atoms with van der Waals surface area (Å²) >= 11 is 0. The fourth-order valence-electron chi connectivity index (χ4n) is 3.43. The molecule has 0 amide bonds. The molecule has 1 aromatic carbocycles. The van der Waals surface area contributed by atoms with Crippen LogP contribution in [0.2, 0.25) is 0 Å². The third-order valence-electron chi connectivity index (χ3n) is 5.01. The zero-order valence-electron chi connectivity index (χ0n) is 13.1. The first-order valence-electron chi connectivity index (χ1n) is 8.48. The van der Waals surface area contributed by atoms with E-state index in [-0.39, 0.29) is 0 Å². The molecule has 0 aromatic heterocycles. The van der Waals surface area contributed by atoms with Crippen LogP contribution < -0.4 is 15.4 Å².